The molecule has 1 heterocycles. The largest absolute Gasteiger partial charge is 0.489 e. The van der Waals surface area contributed by atoms with E-state index in [4.69, 9.17) is 4.74 Å². The van der Waals surface area contributed by atoms with Crippen molar-refractivity contribution in [1.82, 2.24) is 9.78 Å². The zero-order valence-electron chi connectivity index (χ0n) is 10.9. The van der Waals surface area contributed by atoms with E-state index in [-0.39, 0.29) is 5.69 Å². The first kappa shape index (κ1) is 13.1. The number of hydrogen-bond donors (Lipinski definition) is 0. The fourth-order valence-corrected chi connectivity index (χ4v) is 1.69. The fraction of sp³-hybridized carbons (Fsp3) is 0.308. The molecule has 0 unspecified atom stereocenters. The summed E-state index contributed by atoms with van der Waals surface area (Å²) in [5.74, 6) is 0.606. The van der Waals surface area contributed by atoms with E-state index in [9.17, 15) is 10.1 Å². The molecule has 0 amide bonds. The van der Waals surface area contributed by atoms with Gasteiger partial charge in [0.15, 0.2) is 0 Å². The van der Waals surface area contributed by atoms with E-state index in [2.05, 4.69) is 5.10 Å². The smallest absolute Gasteiger partial charge is 0.269 e. The second-order valence-electron chi connectivity index (χ2n) is 4.14. The van der Waals surface area contributed by atoms with Crippen molar-refractivity contribution in [1.29, 1.82) is 0 Å². The third-order valence-corrected chi connectivity index (χ3v) is 2.81. The molecule has 0 spiro atoms. The highest BCUT2D eigenvalue weighted by Gasteiger charge is 2.07. The Morgan fingerprint density at radius 1 is 1.37 bits per heavy atom. The van der Waals surface area contributed by atoms with E-state index in [0.29, 0.717) is 12.4 Å². The first-order valence-electron chi connectivity index (χ1n) is 6.00. The number of non-ortho nitro benzene ring substituents is 1. The third-order valence-electron chi connectivity index (χ3n) is 2.81. The number of nitro benzene ring substituents is 1. The molecule has 6 heteroatoms. The Labute approximate surface area is 110 Å². The van der Waals surface area contributed by atoms with Crippen LogP contribution in [0.3, 0.4) is 0 Å². The molecule has 0 N–H and O–H groups in total. The SMILES string of the molecule is CCn1cc(COc2ccc([N+](=O)[O-])cc2)c(C)n1. The highest BCUT2D eigenvalue weighted by atomic mass is 16.6. The van der Waals surface area contributed by atoms with E-state index in [1.54, 1.807) is 12.1 Å². The van der Waals surface area contributed by atoms with Crippen LogP contribution in [-0.4, -0.2) is 14.7 Å². The van der Waals surface area contributed by atoms with Gasteiger partial charge in [0, 0.05) is 30.4 Å². The van der Waals surface area contributed by atoms with Crippen LogP contribution in [0.4, 0.5) is 5.69 Å². The van der Waals surface area contributed by atoms with Crippen molar-refractivity contribution in [2.75, 3.05) is 0 Å². The van der Waals surface area contributed by atoms with E-state index in [1.165, 1.54) is 12.1 Å². The number of aryl methyl sites for hydroxylation is 2. The van der Waals surface area contributed by atoms with Gasteiger partial charge in [-0.1, -0.05) is 0 Å². The summed E-state index contributed by atoms with van der Waals surface area (Å²) in [4.78, 5) is 10.1. The zero-order valence-corrected chi connectivity index (χ0v) is 10.9. The molecule has 2 aromatic rings. The van der Waals surface area contributed by atoms with Gasteiger partial charge in [-0.05, 0) is 26.0 Å². The molecule has 0 saturated carbocycles. The number of hydrogen-bond acceptors (Lipinski definition) is 4. The first-order valence-corrected chi connectivity index (χ1v) is 6.00. The molecule has 19 heavy (non-hydrogen) atoms. The Bertz CT molecular complexity index is 575. The number of rotatable bonds is 5. The molecule has 0 radical (unpaired) electrons. The quantitative estimate of drug-likeness (QED) is 0.613. The highest BCUT2D eigenvalue weighted by Crippen LogP contribution is 2.19. The summed E-state index contributed by atoms with van der Waals surface area (Å²) in [7, 11) is 0. The van der Waals surface area contributed by atoms with Gasteiger partial charge in [0.1, 0.15) is 12.4 Å². The normalized spacial score (nSPS) is 10.4. The van der Waals surface area contributed by atoms with Crippen LogP contribution in [0.5, 0.6) is 5.75 Å². The van der Waals surface area contributed by atoms with Gasteiger partial charge >= 0.3 is 0 Å². The van der Waals surface area contributed by atoms with Crippen LogP contribution in [0.1, 0.15) is 18.2 Å². The number of benzene rings is 1. The average Bonchev–Trinajstić information content (AvgIpc) is 2.77. The van der Waals surface area contributed by atoms with Crippen LogP contribution < -0.4 is 4.74 Å². The second-order valence-corrected chi connectivity index (χ2v) is 4.14. The molecule has 0 aliphatic heterocycles. The van der Waals surface area contributed by atoms with Crippen molar-refractivity contribution in [2.24, 2.45) is 0 Å². The maximum Gasteiger partial charge on any atom is 0.269 e. The molecule has 100 valence electrons. The van der Waals surface area contributed by atoms with Crippen molar-refractivity contribution in [3.05, 3.63) is 51.8 Å². The summed E-state index contributed by atoms with van der Waals surface area (Å²) in [5.41, 5.74) is 2.01. The average molecular weight is 261 g/mol. The van der Waals surface area contributed by atoms with Gasteiger partial charge < -0.3 is 4.74 Å². The van der Waals surface area contributed by atoms with Gasteiger partial charge in [-0.3, -0.25) is 14.8 Å². The minimum atomic E-state index is -0.431. The molecule has 0 bridgehead atoms. The van der Waals surface area contributed by atoms with Crippen LogP contribution in [0.2, 0.25) is 0 Å². The van der Waals surface area contributed by atoms with Gasteiger partial charge in [-0.2, -0.15) is 5.10 Å². The number of ether oxygens (including phenoxy) is 1. The molecule has 0 fully saturated rings. The summed E-state index contributed by atoms with van der Waals surface area (Å²) in [6.45, 7) is 5.18. The molecular formula is C13H15N3O3. The topological polar surface area (TPSA) is 70.2 Å². The molecule has 6 nitrogen and oxygen atoms in total. The summed E-state index contributed by atoms with van der Waals surface area (Å²) < 4.78 is 7.44. The van der Waals surface area contributed by atoms with E-state index in [1.807, 2.05) is 24.7 Å². The minimum absolute atomic E-state index is 0.0577. The van der Waals surface area contributed by atoms with Crippen molar-refractivity contribution >= 4 is 5.69 Å². The Morgan fingerprint density at radius 2 is 2.05 bits per heavy atom. The summed E-state index contributed by atoms with van der Waals surface area (Å²) >= 11 is 0. The second kappa shape index (κ2) is 5.51. The van der Waals surface area contributed by atoms with Gasteiger partial charge in [-0.25, -0.2) is 0 Å². The van der Waals surface area contributed by atoms with E-state index < -0.39 is 4.92 Å². The molecule has 1 aromatic heterocycles. The zero-order chi connectivity index (χ0) is 13.8. The maximum absolute atomic E-state index is 10.5. The molecule has 0 atom stereocenters. The summed E-state index contributed by atoms with van der Waals surface area (Å²) in [5, 5.41) is 14.9. The van der Waals surface area contributed by atoms with Crippen LogP contribution in [-0.2, 0) is 13.2 Å². The van der Waals surface area contributed by atoms with Gasteiger partial charge in [-0.15, -0.1) is 0 Å². The van der Waals surface area contributed by atoms with Gasteiger partial charge in [0.2, 0.25) is 0 Å². The van der Waals surface area contributed by atoms with Gasteiger partial charge in [0.05, 0.1) is 10.6 Å². The Morgan fingerprint density at radius 3 is 2.58 bits per heavy atom. The summed E-state index contributed by atoms with van der Waals surface area (Å²) in [6, 6.07) is 6.05. The van der Waals surface area contributed by atoms with E-state index in [0.717, 1.165) is 17.8 Å². The lowest BCUT2D eigenvalue weighted by molar-refractivity contribution is -0.384. The van der Waals surface area contributed by atoms with E-state index >= 15 is 0 Å². The van der Waals surface area contributed by atoms with Crippen molar-refractivity contribution in [3.63, 3.8) is 0 Å². The third kappa shape index (κ3) is 3.09. The van der Waals surface area contributed by atoms with Crippen molar-refractivity contribution in [2.45, 2.75) is 27.0 Å². The molecular weight excluding hydrogens is 246 g/mol. The Kier molecular flexibility index (Phi) is 3.79. The predicted octanol–water partition coefficient (Wildman–Crippen LogP) is 2.70. The van der Waals surface area contributed by atoms with Crippen LogP contribution in [0, 0.1) is 17.0 Å². The Balaban J connectivity index is 2.01. The molecule has 0 aliphatic carbocycles. The number of aromatic nitrogens is 2. The van der Waals surface area contributed by atoms with Crippen LogP contribution >= 0.6 is 0 Å². The maximum atomic E-state index is 10.5. The van der Waals surface area contributed by atoms with Crippen LogP contribution in [0.15, 0.2) is 30.5 Å². The molecule has 0 saturated heterocycles. The van der Waals surface area contributed by atoms with Crippen molar-refractivity contribution in [3.8, 4) is 5.75 Å². The fourth-order valence-electron chi connectivity index (χ4n) is 1.69. The van der Waals surface area contributed by atoms with Crippen molar-refractivity contribution < 1.29 is 9.66 Å². The Hall–Kier alpha value is -2.37. The van der Waals surface area contributed by atoms with Gasteiger partial charge in [0.25, 0.3) is 5.69 Å². The molecule has 1 aromatic carbocycles. The highest BCUT2D eigenvalue weighted by molar-refractivity contribution is 5.36. The number of nitrogens with zero attached hydrogens (tertiary/aromatic N) is 3. The molecule has 0 aliphatic rings. The van der Waals surface area contributed by atoms with Crippen LogP contribution in [0.25, 0.3) is 0 Å². The molecule has 2 rings (SSSR count). The minimum Gasteiger partial charge on any atom is -0.489 e. The first-order chi connectivity index (χ1) is 9.10. The predicted molar refractivity (Wildman–Crippen MR) is 70.1 cm³/mol. The number of nitro groups is 1. The lowest BCUT2D eigenvalue weighted by atomic mass is 10.3. The lowest BCUT2D eigenvalue weighted by Crippen LogP contribution is -1.96. The standard InChI is InChI=1S/C13H15N3O3/c1-3-15-8-11(10(2)14-15)9-19-13-6-4-12(5-7-13)16(17)18/h4-8H,3,9H2,1-2H3. The lowest BCUT2D eigenvalue weighted by Gasteiger charge is -2.04. The monoisotopic (exact) mass is 261 g/mol. The summed E-state index contributed by atoms with van der Waals surface area (Å²) in [6.07, 6.45) is 1.95.